The first-order chi connectivity index (χ1) is 25.3. The number of rotatable bonds is 19. The van der Waals surface area contributed by atoms with Gasteiger partial charge in [0, 0.05) is 24.9 Å². The lowest BCUT2D eigenvalue weighted by Crippen LogP contribution is -2.40. The first-order valence-corrected chi connectivity index (χ1v) is 17.2. The van der Waals surface area contributed by atoms with Gasteiger partial charge in [0.2, 0.25) is 5.82 Å². The zero-order chi connectivity index (χ0) is 36.7. The smallest absolute Gasteiger partial charge is 0.407 e. The Morgan fingerprint density at radius 3 is 2.44 bits per heavy atom. The van der Waals surface area contributed by atoms with Crippen molar-refractivity contribution >= 4 is 23.7 Å². The molecule has 1 unspecified atom stereocenters. The van der Waals surface area contributed by atoms with Crippen molar-refractivity contribution in [1.29, 1.82) is 0 Å². The number of ether oxygens (including phenoxy) is 2. The second kappa shape index (κ2) is 19.0. The van der Waals surface area contributed by atoms with Gasteiger partial charge in [0.1, 0.15) is 19.0 Å². The van der Waals surface area contributed by atoms with E-state index in [4.69, 9.17) is 21.1 Å². The highest BCUT2D eigenvalue weighted by molar-refractivity contribution is 6.30. The molecule has 16 heteroatoms. The number of aromatic amines is 1. The number of carbonyl (C=O) groups excluding carboxylic acids is 2. The number of imidazole rings is 1. The van der Waals surface area contributed by atoms with Crippen molar-refractivity contribution in [1.82, 2.24) is 35.5 Å². The van der Waals surface area contributed by atoms with E-state index < -0.39 is 23.2 Å². The normalized spacial score (nSPS) is 11.5. The van der Waals surface area contributed by atoms with E-state index in [1.807, 2.05) is 83.4 Å². The van der Waals surface area contributed by atoms with E-state index in [-0.39, 0.29) is 37.8 Å². The van der Waals surface area contributed by atoms with Crippen LogP contribution in [0.1, 0.15) is 55.3 Å². The van der Waals surface area contributed by atoms with Gasteiger partial charge in [-0.3, -0.25) is 4.79 Å². The molecule has 2 heterocycles. The Balaban J connectivity index is 1.26. The SMILES string of the molecule is CCCCc1nc(Cl)c(COC(=O)NC(COC(=O)CCCO[N+](=O)[O-])Cc2ccccc2)n1Cc1ccc(-c2ccccc2-c2nn[nH]n2)cc1. The monoisotopic (exact) mass is 730 g/mol. The number of hydrogen-bond donors (Lipinski definition) is 2. The summed E-state index contributed by atoms with van der Waals surface area (Å²) in [6, 6.07) is 24.7. The third kappa shape index (κ3) is 10.8. The van der Waals surface area contributed by atoms with Gasteiger partial charge in [0.05, 0.1) is 18.3 Å². The van der Waals surface area contributed by atoms with Crippen LogP contribution in [0.3, 0.4) is 0 Å². The third-order valence-corrected chi connectivity index (χ3v) is 8.43. The quantitative estimate of drug-likeness (QED) is 0.0429. The molecule has 2 N–H and O–H groups in total. The van der Waals surface area contributed by atoms with Gasteiger partial charge in [-0.25, -0.2) is 9.78 Å². The minimum absolute atomic E-state index is 0.0739. The Kier molecular flexibility index (Phi) is 13.6. The minimum atomic E-state index is -0.915. The Morgan fingerprint density at radius 2 is 1.73 bits per heavy atom. The second-order valence-electron chi connectivity index (χ2n) is 11.9. The first-order valence-electron chi connectivity index (χ1n) is 16.9. The van der Waals surface area contributed by atoms with Crippen molar-refractivity contribution in [2.45, 2.75) is 64.6 Å². The summed E-state index contributed by atoms with van der Waals surface area (Å²) in [6.45, 7) is 2.05. The molecule has 0 spiro atoms. The fraction of sp³-hybridized carbons (Fsp3) is 0.333. The fourth-order valence-corrected chi connectivity index (χ4v) is 5.80. The van der Waals surface area contributed by atoms with Gasteiger partial charge in [-0.1, -0.05) is 104 Å². The van der Waals surface area contributed by atoms with Crippen LogP contribution in [0.4, 0.5) is 4.79 Å². The number of hydrogen-bond acceptors (Lipinski definition) is 11. The molecule has 0 bridgehead atoms. The number of unbranched alkanes of at least 4 members (excludes halogenated alkanes) is 1. The van der Waals surface area contributed by atoms with Gasteiger partial charge in [-0.05, 0) is 46.7 Å². The van der Waals surface area contributed by atoms with Crippen molar-refractivity contribution in [2.24, 2.45) is 0 Å². The van der Waals surface area contributed by atoms with Crippen LogP contribution in [-0.2, 0) is 45.1 Å². The summed E-state index contributed by atoms with van der Waals surface area (Å²) in [4.78, 5) is 44.6. The van der Waals surface area contributed by atoms with E-state index in [0.717, 1.165) is 46.5 Å². The molecule has 0 radical (unpaired) electrons. The largest absolute Gasteiger partial charge is 0.463 e. The zero-order valence-electron chi connectivity index (χ0n) is 28.6. The number of halogens is 1. The maximum Gasteiger partial charge on any atom is 0.407 e. The fourth-order valence-electron chi connectivity index (χ4n) is 5.55. The average Bonchev–Trinajstić information content (AvgIpc) is 3.79. The molecule has 3 aromatic carbocycles. The van der Waals surface area contributed by atoms with E-state index in [1.165, 1.54) is 0 Å². The van der Waals surface area contributed by atoms with E-state index in [0.29, 0.717) is 30.9 Å². The number of aromatic nitrogens is 6. The van der Waals surface area contributed by atoms with Crippen molar-refractivity contribution in [2.75, 3.05) is 13.2 Å². The zero-order valence-corrected chi connectivity index (χ0v) is 29.3. The Labute approximate surface area is 304 Å². The molecule has 1 amide bonds. The lowest BCUT2D eigenvalue weighted by Gasteiger charge is -2.19. The van der Waals surface area contributed by atoms with Gasteiger partial charge in [-0.15, -0.1) is 20.3 Å². The molecule has 0 saturated carbocycles. The van der Waals surface area contributed by atoms with Gasteiger partial charge < -0.3 is 24.2 Å². The molecule has 1 atom stereocenters. The van der Waals surface area contributed by atoms with E-state index in [2.05, 4.69) is 42.7 Å². The summed E-state index contributed by atoms with van der Waals surface area (Å²) in [5.74, 6) is 0.724. The minimum Gasteiger partial charge on any atom is -0.463 e. The number of H-pyrrole nitrogens is 1. The summed E-state index contributed by atoms with van der Waals surface area (Å²) in [5.41, 5.74) is 5.26. The molecule has 0 saturated heterocycles. The van der Waals surface area contributed by atoms with Crippen LogP contribution in [0, 0.1) is 10.1 Å². The molecule has 52 heavy (non-hydrogen) atoms. The number of carbonyl (C=O) groups is 2. The Hall–Kier alpha value is -5.83. The molecule has 0 aliphatic rings. The Morgan fingerprint density at radius 1 is 0.981 bits per heavy atom. The third-order valence-electron chi connectivity index (χ3n) is 8.13. The maximum atomic E-state index is 13.1. The van der Waals surface area contributed by atoms with Crippen molar-refractivity contribution in [3.8, 4) is 22.5 Å². The number of alkyl carbamates (subject to hydrolysis) is 1. The lowest BCUT2D eigenvalue weighted by atomic mass is 9.98. The molecule has 2 aromatic heterocycles. The number of amides is 1. The van der Waals surface area contributed by atoms with Gasteiger partial charge in [0.15, 0.2) is 5.15 Å². The van der Waals surface area contributed by atoms with Gasteiger partial charge in [-0.2, -0.15) is 5.21 Å². The van der Waals surface area contributed by atoms with Crippen LogP contribution >= 0.6 is 11.6 Å². The van der Waals surface area contributed by atoms with E-state index in [1.54, 1.807) is 0 Å². The molecular weight excluding hydrogens is 692 g/mol. The van der Waals surface area contributed by atoms with Crippen molar-refractivity contribution < 1.29 is 29.0 Å². The molecular formula is C36H39ClN8O7. The topological polar surface area (TPSA) is 189 Å². The molecule has 15 nitrogen and oxygen atoms in total. The number of aryl methyl sites for hydroxylation is 1. The molecule has 5 rings (SSSR count). The number of benzene rings is 3. The first kappa shape index (κ1) is 37.4. The summed E-state index contributed by atoms with van der Waals surface area (Å²) in [6.07, 6.45) is 2.25. The standard InChI is InChI=1S/C36H39ClN8O7/c1-2-3-14-32-39-34(37)31(44(32)22-26-16-18-27(19-17-26)29-12-7-8-13-30(29)35-40-42-43-41-35)24-51-36(47)38-28(21-25-10-5-4-6-11-25)23-50-33(46)15-9-20-52-45(48)49/h4-8,10-13,16-19,28H,2-3,9,14-15,20-24H2,1H3,(H,38,47)(H,40,41,42,43). The lowest BCUT2D eigenvalue weighted by molar-refractivity contribution is -0.757. The van der Waals surface area contributed by atoms with Crippen LogP contribution in [0.5, 0.6) is 0 Å². The number of esters is 1. The van der Waals surface area contributed by atoms with Crippen LogP contribution in [0.25, 0.3) is 22.5 Å². The van der Waals surface area contributed by atoms with Crippen LogP contribution < -0.4 is 5.32 Å². The molecule has 0 aliphatic heterocycles. The van der Waals surface area contributed by atoms with Crippen molar-refractivity contribution in [3.63, 3.8) is 0 Å². The van der Waals surface area contributed by atoms with E-state index >= 15 is 0 Å². The highest BCUT2D eigenvalue weighted by atomic mass is 35.5. The Bertz CT molecular complexity index is 1900. The predicted molar refractivity (Wildman–Crippen MR) is 190 cm³/mol. The molecule has 272 valence electrons. The number of nitrogens with one attached hydrogen (secondary N) is 2. The summed E-state index contributed by atoms with van der Waals surface area (Å²) in [5, 5.41) is 26.9. The predicted octanol–water partition coefficient (Wildman–Crippen LogP) is 6.14. The van der Waals surface area contributed by atoms with Gasteiger partial charge >= 0.3 is 12.1 Å². The van der Waals surface area contributed by atoms with Gasteiger partial charge in [0.25, 0.3) is 5.09 Å². The average molecular weight is 731 g/mol. The molecule has 0 aliphatic carbocycles. The summed E-state index contributed by atoms with van der Waals surface area (Å²) in [7, 11) is 0. The highest BCUT2D eigenvalue weighted by Gasteiger charge is 2.21. The van der Waals surface area contributed by atoms with Crippen LogP contribution in [0.15, 0.2) is 78.9 Å². The molecule has 0 fully saturated rings. The van der Waals surface area contributed by atoms with Crippen LogP contribution in [0.2, 0.25) is 5.15 Å². The van der Waals surface area contributed by atoms with E-state index in [9.17, 15) is 19.7 Å². The van der Waals surface area contributed by atoms with Crippen LogP contribution in [-0.4, -0.2) is 66.6 Å². The summed E-state index contributed by atoms with van der Waals surface area (Å²) >= 11 is 6.65. The maximum absolute atomic E-state index is 13.1. The highest BCUT2D eigenvalue weighted by Crippen LogP contribution is 2.30. The summed E-state index contributed by atoms with van der Waals surface area (Å²) < 4.78 is 13.0. The number of nitrogens with zero attached hydrogens (tertiary/aromatic N) is 6. The number of tetrazole rings is 1. The second-order valence-corrected chi connectivity index (χ2v) is 12.2. The van der Waals surface area contributed by atoms with Crippen molar-refractivity contribution in [3.05, 3.63) is 117 Å². The molecule has 5 aromatic rings.